The van der Waals surface area contributed by atoms with E-state index in [1.165, 1.54) is 5.56 Å². The van der Waals surface area contributed by atoms with Gasteiger partial charge < -0.3 is 5.32 Å². The van der Waals surface area contributed by atoms with E-state index in [4.69, 9.17) is 0 Å². The third-order valence-electron chi connectivity index (χ3n) is 3.53. The summed E-state index contributed by atoms with van der Waals surface area (Å²) in [4.78, 5) is 12.3. The number of benzene rings is 1. The van der Waals surface area contributed by atoms with Crippen LogP contribution in [0.2, 0.25) is 0 Å². The molecule has 1 N–H and O–H groups in total. The van der Waals surface area contributed by atoms with Crippen LogP contribution in [0.3, 0.4) is 0 Å². The zero-order chi connectivity index (χ0) is 15.9. The molecule has 4 heteroatoms. The molecule has 0 aliphatic rings. The highest BCUT2D eigenvalue weighted by Gasteiger charge is 2.17. The summed E-state index contributed by atoms with van der Waals surface area (Å²) in [6.07, 6.45) is 3.55. The first-order valence-electron chi connectivity index (χ1n) is 7.98. The second kappa shape index (κ2) is 7.78. The quantitative estimate of drug-likeness (QED) is 0.853. The second-order valence-electron chi connectivity index (χ2n) is 6.00. The molecule has 4 nitrogen and oxygen atoms in total. The van der Waals surface area contributed by atoms with Crippen LogP contribution >= 0.6 is 0 Å². The average molecular weight is 299 g/mol. The summed E-state index contributed by atoms with van der Waals surface area (Å²) >= 11 is 0. The van der Waals surface area contributed by atoms with Crippen LogP contribution in [0.15, 0.2) is 36.5 Å². The fraction of sp³-hybridized carbons (Fsp3) is 0.444. The van der Waals surface area contributed by atoms with Crippen LogP contribution in [0.1, 0.15) is 48.8 Å². The molecule has 0 unspecified atom stereocenters. The molecule has 1 aromatic carbocycles. The van der Waals surface area contributed by atoms with Gasteiger partial charge in [0, 0.05) is 6.54 Å². The number of rotatable bonds is 7. The normalized spacial score (nSPS) is 10.9. The first-order chi connectivity index (χ1) is 10.6. The smallest absolute Gasteiger partial charge is 0.254 e. The van der Waals surface area contributed by atoms with Crippen molar-refractivity contribution in [2.24, 2.45) is 5.92 Å². The minimum atomic E-state index is -0.0172. The van der Waals surface area contributed by atoms with Gasteiger partial charge >= 0.3 is 0 Å². The van der Waals surface area contributed by atoms with Crippen molar-refractivity contribution in [3.8, 4) is 0 Å². The van der Waals surface area contributed by atoms with Crippen LogP contribution in [0, 0.1) is 5.92 Å². The SMILES string of the molecule is CCCc1c(C(=O)NCC(C)C)cnn1Cc1ccccc1. The molecule has 0 fully saturated rings. The van der Waals surface area contributed by atoms with Gasteiger partial charge in [-0.3, -0.25) is 9.48 Å². The number of nitrogens with one attached hydrogen (secondary N) is 1. The van der Waals surface area contributed by atoms with Crippen molar-refractivity contribution in [3.05, 3.63) is 53.3 Å². The van der Waals surface area contributed by atoms with Gasteiger partial charge in [0.2, 0.25) is 0 Å². The molecule has 0 atom stereocenters. The number of carbonyl (C=O) groups excluding carboxylic acids is 1. The summed E-state index contributed by atoms with van der Waals surface area (Å²) in [6.45, 7) is 7.69. The lowest BCUT2D eigenvalue weighted by Gasteiger charge is -2.10. The van der Waals surface area contributed by atoms with E-state index in [9.17, 15) is 4.79 Å². The minimum absolute atomic E-state index is 0.0172. The molecule has 118 valence electrons. The Hall–Kier alpha value is -2.10. The highest BCUT2D eigenvalue weighted by atomic mass is 16.1. The largest absolute Gasteiger partial charge is 0.352 e. The lowest BCUT2D eigenvalue weighted by atomic mass is 10.1. The standard InChI is InChI=1S/C18H25N3O/c1-4-8-17-16(18(22)19-11-14(2)3)12-20-21(17)13-15-9-6-5-7-10-15/h5-7,9-10,12,14H,4,8,11,13H2,1-3H3,(H,19,22). The van der Waals surface area contributed by atoms with Crippen molar-refractivity contribution in [1.82, 2.24) is 15.1 Å². The monoisotopic (exact) mass is 299 g/mol. The zero-order valence-corrected chi connectivity index (χ0v) is 13.7. The predicted molar refractivity (Wildman–Crippen MR) is 88.9 cm³/mol. The fourth-order valence-corrected chi connectivity index (χ4v) is 2.39. The van der Waals surface area contributed by atoms with Crippen molar-refractivity contribution in [2.75, 3.05) is 6.54 Å². The molecule has 0 saturated heterocycles. The van der Waals surface area contributed by atoms with Crippen LogP contribution < -0.4 is 5.32 Å². The lowest BCUT2D eigenvalue weighted by Crippen LogP contribution is -2.28. The molecular formula is C18H25N3O. The lowest BCUT2D eigenvalue weighted by molar-refractivity contribution is 0.0948. The Kier molecular flexibility index (Phi) is 5.75. The Morgan fingerprint density at radius 1 is 1.27 bits per heavy atom. The van der Waals surface area contributed by atoms with Crippen molar-refractivity contribution in [1.29, 1.82) is 0 Å². The van der Waals surface area contributed by atoms with E-state index >= 15 is 0 Å². The van der Waals surface area contributed by atoms with Gasteiger partial charge in [-0.15, -0.1) is 0 Å². The van der Waals surface area contributed by atoms with E-state index < -0.39 is 0 Å². The summed E-state index contributed by atoms with van der Waals surface area (Å²) in [7, 11) is 0. The molecule has 0 aliphatic carbocycles. The summed E-state index contributed by atoms with van der Waals surface area (Å²) in [5.74, 6) is 0.425. The molecule has 1 amide bonds. The van der Waals surface area contributed by atoms with Gasteiger partial charge in [0.15, 0.2) is 0 Å². The number of hydrogen-bond acceptors (Lipinski definition) is 2. The molecule has 0 bridgehead atoms. The molecule has 1 aromatic heterocycles. The number of nitrogens with zero attached hydrogens (tertiary/aromatic N) is 2. The van der Waals surface area contributed by atoms with Crippen LogP contribution in [-0.2, 0) is 13.0 Å². The van der Waals surface area contributed by atoms with Gasteiger partial charge in [0.05, 0.1) is 24.0 Å². The first kappa shape index (κ1) is 16.3. The van der Waals surface area contributed by atoms with Gasteiger partial charge in [-0.05, 0) is 17.9 Å². The Balaban J connectivity index is 2.19. The Morgan fingerprint density at radius 2 is 2.00 bits per heavy atom. The van der Waals surface area contributed by atoms with Crippen molar-refractivity contribution in [2.45, 2.75) is 40.2 Å². The van der Waals surface area contributed by atoms with Crippen molar-refractivity contribution < 1.29 is 4.79 Å². The molecule has 0 saturated carbocycles. The van der Waals surface area contributed by atoms with E-state index in [-0.39, 0.29) is 5.91 Å². The summed E-state index contributed by atoms with van der Waals surface area (Å²) in [5.41, 5.74) is 2.92. The highest BCUT2D eigenvalue weighted by Crippen LogP contribution is 2.14. The third-order valence-corrected chi connectivity index (χ3v) is 3.53. The molecule has 0 spiro atoms. The maximum atomic E-state index is 12.3. The molecule has 2 aromatic rings. The van der Waals surface area contributed by atoms with Gasteiger partial charge in [-0.1, -0.05) is 57.5 Å². The van der Waals surface area contributed by atoms with Gasteiger partial charge in [0.25, 0.3) is 5.91 Å². The first-order valence-corrected chi connectivity index (χ1v) is 7.98. The minimum Gasteiger partial charge on any atom is -0.352 e. The topological polar surface area (TPSA) is 46.9 Å². The van der Waals surface area contributed by atoms with E-state index in [0.29, 0.717) is 24.6 Å². The van der Waals surface area contributed by atoms with E-state index in [1.807, 2.05) is 22.9 Å². The number of aromatic nitrogens is 2. The van der Waals surface area contributed by atoms with Crippen molar-refractivity contribution in [3.63, 3.8) is 0 Å². The number of carbonyl (C=O) groups is 1. The fourth-order valence-electron chi connectivity index (χ4n) is 2.39. The number of amides is 1. The average Bonchev–Trinajstić information content (AvgIpc) is 2.89. The van der Waals surface area contributed by atoms with Crippen molar-refractivity contribution >= 4 is 5.91 Å². The van der Waals surface area contributed by atoms with E-state index in [2.05, 4.69) is 43.3 Å². The maximum absolute atomic E-state index is 12.3. The Morgan fingerprint density at radius 3 is 2.64 bits per heavy atom. The third kappa shape index (κ3) is 4.20. The van der Waals surface area contributed by atoms with Gasteiger partial charge in [-0.2, -0.15) is 5.10 Å². The highest BCUT2D eigenvalue weighted by molar-refractivity contribution is 5.95. The zero-order valence-electron chi connectivity index (χ0n) is 13.7. The second-order valence-corrected chi connectivity index (χ2v) is 6.00. The molecule has 0 radical (unpaired) electrons. The van der Waals surface area contributed by atoms with Gasteiger partial charge in [0.1, 0.15) is 0 Å². The predicted octanol–water partition coefficient (Wildman–Crippen LogP) is 3.27. The van der Waals surface area contributed by atoms with Crippen LogP contribution in [0.25, 0.3) is 0 Å². The van der Waals surface area contributed by atoms with E-state index in [0.717, 1.165) is 18.5 Å². The van der Waals surface area contributed by atoms with Crippen LogP contribution in [-0.4, -0.2) is 22.2 Å². The summed E-state index contributed by atoms with van der Waals surface area (Å²) < 4.78 is 1.95. The summed E-state index contributed by atoms with van der Waals surface area (Å²) in [6, 6.07) is 10.2. The molecule has 2 rings (SSSR count). The molecule has 0 aliphatic heterocycles. The Labute approximate surface area is 132 Å². The van der Waals surface area contributed by atoms with Crippen LogP contribution in [0.4, 0.5) is 0 Å². The molecular weight excluding hydrogens is 274 g/mol. The molecule has 22 heavy (non-hydrogen) atoms. The van der Waals surface area contributed by atoms with E-state index in [1.54, 1.807) is 6.20 Å². The Bertz CT molecular complexity index is 602. The van der Waals surface area contributed by atoms with Crippen LogP contribution in [0.5, 0.6) is 0 Å². The number of hydrogen-bond donors (Lipinski definition) is 1. The maximum Gasteiger partial charge on any atom is 0.254 e. The van der Waals surface area contributed by atoms with Gasteiger partial charge in [-0.25, -0.2) is 0 Å². The molecule has 1 heterocycles. The summed E-state index contributed by atoms with van der Waals surface area (Å²) in [5, 5.41) is 7.42.